The Labute approximate surface area is 88.6 Å². The van der Waals surface area contributed by atoms with Crippen LogP contribution in [0, 0.1) is 11.8 Å². The molecule has 0 heterocycles. The third-order valence-electron chi connectivity index (χ3n) is 2.97. The molecule has 0 aliphatic rings. The molecule has 0 atom stereocenters. The molecule has 0 radical (unpaired) electrons. The van der Waals surface area contributed by atoms with Crippen molar-refractivity contribution in [3.63, 3.8) is 0 Å². The average molecular weight is 196 g/mol. The van der Waals surface area contributed by atoms with Crippen LogP contribution in [0.3, 0.4) is 0 Å². The summed E-state index contributed by atoms with van der Waals surface area (Å²) in [7, 11) is 0. The zero-order valence-corrected chi connectivity index (χ0v) is 10.0. The Hall–Kier alpha value is -0.590. The van der Waals surface area contributed by atoms with Crippen molar-refractivity contribution >= 4 is 5.78 Å². The summed E-state index contributed by atoms with van der Waals surface area (Å²) in [5, 5.41) is 0. The minimum Gasteiger partial charge on any atom is -0.295 e. The first-order valence-electron chi connectivity index (χ1n) is 5.91. The molecule has 82 valence electrons. The van der Waals surface area contributed by atoms with Gasteiger partial charge in [-0.2, -0.15) is 0 Å². The topological polar surface area (TPSA) is 17.1 Å². The van der Waals surface area contributed by atoms with E-state index in [1.165, 1.54) is 0 Å². The van der Waals surface area contributed by atoms with E-state index in [0.29, 0.717) is 11.7 Å². The van der Waals surface area contributed by atoms with Gasteiger partial charge in [0.25, 0.3) is 0 Å². The van der Waals surface area contributed by atoms with Crippen molar-refractivity contribution < 1.29 is 4.79 Å². The molecular formula is C13H24O. The summed E-state index contributed by atoms with van der Waals surface area (Å²) in [4.78, 5) is 11.7. The maximum atomic E-state index is 11.7. The monoisotopic (exact) mass is 196 g/mol. The first-order valence-corrected chi connectivity index (χ1v) is 5.91. The molecule has 0 spiro atoms. The fourth-order valence-corrected chi connectivity index (χ4v) is 1.62. The van der Waals surface area contributed by atoms with Crippen molar-refractivity contribution in [3.05, 3.63) is 12.2 Å². The highest BCUT2D eigenvalue weighted by Gasteiger charge is 2.10. The minimum absolute atomic E-state index is 0.237. The molecule has 0 aliphatic heterocycles. The Morgan fingerprint density at radius 3 is 1.86 bits per heavy atom. The van der Waals surface area contributed by atoms with Crippen LogP contribution in [-0.4, -0.2) is 5.78 Å². The van der Waals surface area contributed by atoms with Gasteiger partial charge in [-0.3, -0.25) is 4.79 Å². The molecule has 0 N–H and O–H groups in total. The second-order valence-electron chi connectivity index (χ2n) is 3.85. The number of carbonyl (C=O) groups excluding carboxylic acids is 1. The average Bonchev–Trinajstić information content (AvgIpc) is 2.21. The summed E-state index contributed by atoms with van der Waals surface area (Å²) in [5.41, 5.74) is 0. The zero-order chi connectivity index (χ0) is 11.0. The molecule has 0 bridgehead atoms. The number of ketones is 1. The molecule has 0 aromatic carbocycles. The highest BCUT2D eigenvalue weighted by atomic mass is 16.1. The summed E-state index contributed by atoms with van der Waals surface area (Å²) < 4.78 is 0. The van der Waals surface area contributed by atoms with Gasteiger partial charge < -0.3 is 0 Å². The number of carbonyl (C=O) groups is 1. The molecule has 0 aromatic rings. The fraction of sp³-hybridized carbons (Fsp3) is 0.769. The Kier molecular flexibility index (Phi) is 7.45. The van der Waals surface area contributed by atoms with Crippen molar-refractivity contribution in [2.45, 2.75) is 53.4 Å². The third-order valence-corrected chi connectivity index (χ3v) is 2.97. The summed E-state index contributed by atoms with van der Waals surface area (Å²) in [6.07, 6.45) is 8.06. The van der Waals surface area contributed by atoms with Crippen LogP contribution in [0.4, 0.5) is 0 Å². The highest BCUT2D eigenvalue weighted by Crippen LogP contribution is 2.13. The van der Waals surface area contributed by atoms with E-state index in [2.05, 4.69) is 33.8 Å². The number of rotatable bonds is 7. The first kappa shape index (κ1) is 13.4. The molecule has 0 rings (SSSR count). The number of hydrogen-bond acceptors (Lipinski definition) is 1. The highest BCUT2D eigenvalue weighted by molar-refractivity contribution is 5.91. The van der Waals surface area contributed by atoms with Gasteiger partial charge in [-0.1, -0.05) is 33.8 Å². The van der Waals surface area contributed by atoms with Gasteiger partial charge in [-0.15, -0.1) is 0 Å². The van der Waals surface area contributed by atoms with E-state index in [9.17, 15) is 4.79 Å². The van der Waals surface area contributed by atoms with E-state index in [1.54, 1.807) is 6.08 Å². The van der Waals surface area contributed by atoms with Gasteiger partial charge in [-0.25, -0.2) is 0 Å². The molecular weight excluding hydrogens is 172 g/mol. The molecule has 0 fully saturated rings. The van der Waals surface area contributed by atoms with Crippen LogP contribution < -0.4 is 0 Å². The van der Waals surface area contributed by atoms with Gasteiger partial charge in [0, 0.05) is 5.92 Å². The predicted octanol–water partition coefficient (Wildman–Crippen LogP) is 3.98. The van der Waals surface area contributed by atoms with E-state index in [1.807, 2.05) is 0 Å². The Bertz CT molecular complexity index is 174. The second-order valence-corrected chi connectivity index (χ2v) is 3.85. The van der Waals surface area contributed by atoms with Crippen LogP contribution >= 0.6 is 0 Å². The van der Waals surface area contributed by atoms with Crippen LogP contribution in [0.5, 0.6) is 0 Å². The molecule has 1 nitrogen and oxygen atoms in total. The van der Waals surface area contributed by atoms with Crippen LogP contribution in [-0.2, 0) is 4.79 Å². The van der Waals surface area contributed by atoms with E-state index < -0.39 is 0 Å². The molecule has 0 aromatic heterocycles. The second kappa shape index (κ2) is 7.78. The lowest BCUT2D eigenvalue weighted by Gasteiger charge is -2.09. The van der Waals surface area contributed by atoms with Crippen molar-refractivity contribution in [3.8, 4) is 0 Å². The quantitative estimate of drug-likeness (QED) is 0.563. The molecule has 0 amide bonds. The maximum absolute atomic E-state index is 11.7. The lowest BCUT2D eigenvalue weighted by atomic mass is 9.95. The van der Waals surface area contributed by atoms with Crippen molar-refractivity contribution in [1.82, 2.24) is 0 Å². The Morgan fingerprint density at radius 2 is 1.50 bits per heavy atom. The van der Waals surface area contributed by atoms with Gasteiger partial charge in [0.2, 0.25) is 0 Å². The normalized spacial score (nSPS) is 11.9. The van der Waals surface area contributed by atoms with Gasteiger partial charge in [0.05, 0.1) is 0 Å². The standard InChI is InChI=1S/C13H24O/c1-5-11(6-2)9-10-13(14)12(7-3)8-4/h9-12H,5-8H2,1-4H3/b10-9-. The Balaban J connectivity index is 4.14. The lowest BCUT2D eigenvalue weighted by molar-refractivity contribution is -0.118. The smallest absolute Gasteiger partial charge is 0.158 e. The SMILES string of the molecule is CCC(/C=C\C(=O)C(CC)CC)CC. The van der Waals surface area contributed by atoms with Gasteiger partial charge in [0.15, 0.2) is 5.78 Å². The first-order chi connectivity index (χ1) is 6.69. The molecule has 14 heavy (non-hydrogen) atoms. The number of hydrogen-bond donors (Lipinski definition) is 0. The molecule has 0 saturated heterocycles. The zero-order valence-electron chi connectivity index (χ0n) is 10.0. The Morgan fingerprint density at radius 1 is 1.00 bits per heavy atom. The lowest BCUT2D eigenvalue weighted by Crippen LogP contribution is -2.10. The van der Waals surface area contributed by atoms with E-state index in [4.69, 9.17) is 0 Å². The summed E-state index contributed by atoms with van der Waals surface area (Å²) in [5.74, 6) is 1.12. The van der Waals surface area contributed by atoms with Crippen LogP contribution in [0.2, 0.25) is 0 Å². The van der Waals surface area contributed by atoms with Crippen molar-refractivity contribution in [2.75, 3.05) is 0 Å². The maximum Gasteiger partial charge on any atom is 0.158 e. The summed E-state index contributed by atoms with van der Waals surface area (Å²) >= 11 is 0. The predicted molar refractivity (Wildman–Crippen MR) is 62.3 cm³/mol. The van der Waals surface area contributed by atoms with Crippen LogP contribution in [0.15, 0.2) is 12.2 Å². The van der Waals surface area contributed by atoms with Crippen molar-refractivity contribution in [1.29, 1.82) is 0 Å². The van der Waals surface area contributed by atoms with Gasteiger partial charge in [0.1, 0.15) is 0 Å². The largest absolute Gasteiger partial charge is 0.295 e. The molecule has 0 saturated carbocycles. The van der Waals surface area contributed by atoms with E-state index in [-0.39, 0.29) is 5.92 Å². The van der Waals surface area contributed by atoms with E-state index in [0.717, 1.165) is 25.7 Å². The molecule has 1 heteroatoms. The molecule has 0 unspecified atom stereocenters. The van der Waals surface area contributed by atoms with Crippen molar-refractivity contribution in [2.24, 2.45) is 11.8 Å². The fourth-order valence-electron chi connectivity index (χ4n) is 1.62. The van der Waals surface area contributed by atoms with Gasteiger partial charge >= 0.3 is 0 Å². The summed E-state index contributed by atoms with van der Waals surface area (Å²) in [6.45, 7) is 8.49. The third kappa shape index (κ3) is 4.59. The van der Waals surface area contributed by atoms with E-state index >= 15 is 0 Å². The summed E-state index contributed by atoms with van der Waals surface area (Å²) in [6, 6.07) is 0. The van der Waals surface area contributed by atoms with Crippen LogP contribution in [0.1, 0.15) is 53.4 Å². The minimum atomic E-state index is 0.237. The number of allylic oxidation sites excluding steroid dienone is 2. The molecule has 0 aliphatic carbocycles. The van der Waals surface area contributed by atoms with Crippen LogP contribution in [0.25, 0.3) is 0 Å². The van der Waals surface area contributed by atoms with Gasteiger partial charge in [-0.05, 0) is 37.7 Å².